The molecule has 1 heterocycles. The molecule has 1 aliphatic rings. The standard InChI is InChI=1S/C15H23N3O2.2ClH/c1-11(20-13-6-4-8-17-10-13)15(19)18-14-7-3-2-5-12(14)9-16;;/h4,6,8,10-12,14H,2-3,5,7,9,16H2,1H3,(H,18,19);2*1H. The van der Waals surface area contributed by atoms with E-state index in [9.17, 15) is 4.79 Å². The Morgan fingerprint density at radius 1 is 1.45 bits per heavy atom. The van der Waals surface area contributed by atoms with Gasteiger partial charge < -0.3 is 15.8 Å². The molecule has 0 aromatic carbocycles. The van der Waals surface area contributed by atoms with Crippen molar-refractivity contribution in [1.82, 2.24) is 10.3 Å². The number of hydrogen-bond donors (Lipinski definition) is 2. The molecule has 1 aliphatic carbocycles. The molecular formula is C15H25Cl2N3O2. The van der Waals surface area contributed by atoms with Crippen molar-refractivity contribution in [3.8, 4) is 5.75 Å². The van der Waals surface area contributed by atoms with E-state index in [1.165, 1.54) is 6.42 Å². The molecule has 1 fully saturated rings. The smallest absolute Gasteiger partial charge is 0.261 e. The van der Waals surface area contributed by atoms with Crippen molar-refractivity contribution >= 4 is 30.7 Å². The highest BCUT2D eigenvalue weighted by atomic mass is 35.5. The molecule has 0 saturated heterocycles. The SMILES string of the molecule is CC(Oc1cccnc1)C(=O)NC1CCCCC1CN.Cl.Cl. The maximum atomic E-state index is 12.2. The van der Waals surface area contributed by atoms with Crippen molar-refractivity contribution in [2.75, 3.05) is 6.54 Å². The van der Waals surface area contributed by atoms with Crippen LogP contribution in [-0.4, -0.2) is 29.6 Å². The third-order valence-corrected chi connectivity index (χ3v) is 3.86. The molecule has 1 aromatic rings. The average molecular weight is 350 g/mol. The number of aromatic nitrogens is 1. The summed E-state index contributed by atoms with van der Waals surface area (Å²) >= 11 is 0. The Morgan fingerprint density at radius 3 is 2.82 bits per heavy atom. The number of hydrogen-bond acceptors (Lipinski definition) is 4. The van der Waals surface area contributed by atoms with Crippen molar-refractivity contribution in [2.45, 2.75) is 44.8 Å². The van der Waals surface area contributed by atoms with Gasteiger partial charge in [-0.3, -0.25) is 9.78 Å². The van der Waals surface area contributed by atoms with E-state index >= 15 is 0 Å². The third-order valence-electron chi connectivity index (χ3n) is 3.86. The summed E-state index contributed by atoms with van der Waals surface area (Å²) < 4.78 is 5.58. The van der Waals surface area contributed by atoms with E-state index in [4.69, 9.17) is 10.5 Å². The quantitative estimate of drug-likeness (QED) is 0.854. The normalized spacial score (nSPS) is 21.7. The van der Waals surface area contributed by atoms with Crippen LogP contribution in [-0.2, 0) is 4.79 Å². The summed E-state index contributed by atoms with van der Waals surface area (Å²) in [5, 5.41) is 3.08. The van der Waals surface area contributed by atoms with Gasteiger partial charge in [0.1, 0.15) is 5.75 Å². The number of carbonyl (C=O) groups is 1. The fourth-order valence-corrected chi connectivity index (χ4v) is 2.65. The lowest BCUT2D eigenvalue weighted by Crippen LogP contribution is -2.48. The predicted octanol–water partition coefficient (Wildman–Crippen LogP) is 2.33. The Kier molecular flexibility index (Phi) is 10.1. The molecule has 3 atom stereocenters. The van der Waals surface area contributed by atoms with Crippen molar-refractivity contribution in [1.29, 1.82) is 0 Å². The summed E-state index contributed by atoms with van der Waals surface area (Å²) in [5.74, 6) is 0.909. The zero-order valence-electron chi connectivity index (χ0n) is 12.7. The molecule has 0 bridgehead atoms. The summed E-state index contributed by atoms with van der Waals surface area (Å²) in [6.45, 7) is 2.38. The molecule has 0 spiro atoms. The Hall–Kier alpha value is -1.04. The minimum absolute atomic E-state index is 0. The van der Waals surface area contributed by atoms with Crippen LogP contribution < -0.4 is 15.8 Å². The van der Waals surface area contributed by atoms with Gasteiger partial charge in [0.25, 0.3) is 5.91 Å². The van der Waals surface area contributed by atoms with Crippen LogP contribution in [0.25, 0.3) is 0 Å². The Morgan fingerprint density at radius 2 is 2.18 bits per heavy atom. The lowest BCUT2D eigenvalue weighted by Gasteiger charge is -2.32. The molecule has 1 aromatic heterocycles. The molecule has 1 amide bonds. The third kappa shape index (κ3) is 5.99. The molecule has 2 rings (SSSR count). The van der Waals surface area contributed by atoms with Gasteiger partial charge in [0.2, 0.25) is 0 Å². The first kappa shape index (κ1) is 21.0. The van der Waals surface area contributed by atoms with E-state index in [2.05, 4.69) is 10.3 Å². The van der Waals surface area contributed by atoms with E-state index in [-0.39, 0.29) is 36.8 Å². The van der Waals surface area contributed by atoms with Gasteiger partial charge in [0, 0.05) is 12.2 Å². The van der Waals surface area contributed by atoms with Crippen molar-refractivity contribution in [3.05, 3.63) is 24.5 Å². The topological polar surface area (TPSA) is 77.2 Å². The molecule has 126 valence electrons. The highest BCUT2D eigenvalue weighted by Gasteiger charge is 2.27. The van der Waals surface area contributed by atoms with Crippen LogP contribution in [0.15, 0.2) is 24.5 Å². The first-order valence-corrected chi connectivity index (χ1v) is 7.28. The van der Waals surface area contributed by atoms with Gasteiger partial charge >= 0.3 is 0 Å². The maximum Gasteiger partial charge on any atom is 0.261 e. The molecule has 0 radical (unpaired) electrons. The second kappa shape index (κ2) is 10.6. The van der Waals surface area contributed by atoms with E-state index in [1.54, 1.807) is 31.5 Å². The van der Waals surface area contributed by atoms with Gasteiger partial charge in [-0.25, -0.2) is 0 Å². The van der Waals surface area contributed by atoms with Crippen molar-refractivity contribution < 1.29 is 9.53 Å². The zero-order chi connectivity index (χ0) is 14.4. The highest BCUT2D eigenvalue weighted by molar-refractivity contribution is 5.85. The first-order valence-electron chi connectivity index (χ1n) is 7.28. The van der Waals surface area contributed by atoms with Crippen LogP contribution in [0.1, 0.15) is 32.6 Å². The van der Waals surface area contributed by atoms with Crippen molar-refractivity contribution in [3.63, 3.8) is 0 Å². The largest absolute Gasteiger partial charge is 0.479 e. The van der Waals surface area contributed by atoms with E-state index in [0.717, 1.165) is 19.3 Å². The monoisotopic (exact) mass is 349 g/mol. The molecular weight excluding hydrogens is 325 g/mol. The maximum absolute atomic E-state index is 12.2. The highest BCUT2D eigenvalue weighted by Crippen LogP contribution is 2.23. The van der Waals surface area contributed by atoms with Crippen molar-refractivity contribution in [2.24, 2.45) is 11.7 Å². The van der Waals surface area contributed by atoms with Crippen LogP contribution >= 0.6 is 24.8 Å². The van der Waals surface area contributed by atoms with E-state index in [1.807, 2.05) is 0 Å². The van der Waals surface area contributed by atoms with Gasteiger partial charge in [-0.05, 0) is 44.4 Å². The number of nitrogens with zero attached hydrogens (tertiary/aromatic N) is 1. The Balaban J connectivity index is 0.00000220. The van der Waals surface area contributed by atoms with Gasteiger partial charge in [0.15, 0.2) is 6.10 Å². The van der Waals surface area contributed by atoms with E-state index in [0.29, 0.717) is 18.2 Å². The summed E-state index contributed by atoms with van der Waals surface area (Å²) in [5.41, 5.74) is 5.78. The molecule has 1 saturated carbocycles. The van der Waals surface area contributed by atoms with E-state index < -0.39 is 6.10 Å². The van der Waals surface area contributed by atoms with Gasteiger partial charge in [-0.15, -0.1) is 24.8 Å². The number of rotatable bonds is 5. The summed E-state index contributed by atoms with van der Waals surface area (Å²) in [6, 6.07) is 3.76. The summed E-state index contributed by atoms with van der Waals surface area (Å²) in [4.78, 5) is 16.1. The fraction of sp³-hybridized carbons (Fsp3) is 0.600. The molecule has 5 nitrogen and oxygen atoms in total. The molecule has 3 unspecified atom stereocenters. The first-order chi connectivity index (χ1) is 9.70. The van der Waals surface area contributed by atoms with Crippen LogP contribution in [0.3, 0.4) is 0 Å². The second-order valence-electron chi connectivity index (χ2n) is 5.34. The van der Waals surface area contributed by atoms with Crippen LogP contribution in [0.2, 0.25) is 0 Å². The Bertz CT molecular complexity index is 434. The number of nitrogens with two attached hydrogens (primary N) is 1. The Labute approximate surface area is 144 Å². The second-order valence-corrected chi connectivity index (χ2v) is 5.34. The van der Waals surface area contributed by atoms with Crippen LogP contribution in [0.4, 0.5) is 0 Å². The van der Waals surface area contributed by atoms with Gasteiger partial charge in [-0.1, -0.05) is 12.8 Å². The molecule has 3 N–H and O–H groups in total. The number of pyridine rings is 1. The zero-order valence-corrected chi connectivity index (χ0v) is 14.4. The van der Waals surface area contributed by atoms with Gasteiger partial charge in [0.05, 0.1) is 6.20 Å². The predicted molar refractivity (Wildman–Crippen MR) is 91.8 cm³/mol. The number of amides is 1. The number of nitrogens with one attached hydrogen (secondary N) is 1. The summed E-state index contributed by atoms with van der Waals surface area (Å²) in [6.07, 6.45) is 7.21. The van der Waals surface area contributed by atoms with Crippen LogP contribution in [0, 0.1) is 5.92 Å². The van der Waals surface area contributed by atoms with Gasteiger partial charge in [-0.2, -0.15) is 0 Å². The number of carbonyl (C=O) groups excluding carboxylic acids is 1. The molecule has 0 aliphatic heterocycles. The van der Waals surface area contributed by atoms with Crippen LogP contribution in [0.5, 0.6) is 5.75 Å². The lowest BCUT2D eigenvalue weighted by molar-refractivity contribution is -0.128. The lowest BCUT2D eigenvalue weighted by atomic mass is 9.84. The number of halogens is 2. The molecule has 22 heavy (non-hydrogen) atoms. The molecule has 7 heteroatoms. The number of ether oxygens (including phenoxy) is 1. The fourth-order valence-electron chi connectivity index (χ4n) is 2.65. The minimum atomic E-state index is -0.528. The summed E-state index contributed by atoms with van der Waals surface area (Å²) in [7, 11) is 0. The minimum Gasteiger partial charge on any atom is -0.479 e. The average Bonchev–Trinajstić information content (AvgIpc) is 2.48.